The highest BCUT2D eigenvalue weighted by atomic mass is 32.1. The Hall–Kier alpha value is -4.87. The molecule has 2 aromatic heterocycles. The highest BCUT2D eigenvalue weighted by Crippen LogP contribution is 2.44. The van der Waals surface area contributed by atoms with Crippen molar-refractivity contribution >= 4 is 17.3 Å². The van der Waals surface area contributed by atoms with E-state index in [1.807, 2.05) is 17.3 Å². The Balaban J connectivity index is 1.45. The molecule has 10 nitrogen and oxygen atoms in total. The first-order valence-electron chi connectivity index (χ1n) is 14.7. The van der Waals surface area contributed by atoms with E-state index < -0.39 is 35.9 Å². The Morgan fingerprint density at radius 1 is 1.15 bits per heavy atom. The van der Waals surface area contributed by atoms with E-state index >= 15 is 4.39 Å². The van der Waals surface area contributed by atoms with E-state index in [9.17, 15) is 9.18 Å². The van der Waals surface area contributed by atoms with Gasteiger partial charge in [-0.3, -0.25) is 4.90 Å². The zero-order valence-corrected chi connectivity index (χ0v) is 26.5. The zero-order chi connectivity index (χ0) is 33.4. The molecule has 242 valence electrons. The maximum Gasteiger partial charge on any atom is 0.340 e. The monoisotopic (exact) mass is 658 g/mol. The van der Waals surface area contributed by atoms with Crippen LogP contribution in [0.4, 0.5) is 8.78 Å². The molecule has 13 heteroatoms. The lowest BCUT2D eigenvalue weighted by Crippen LogP contribution is -2.42. The van der Waals surface area contributed by atoms with Gasteiger partial charge in [-0.1, -0.05) is 37.3 Å². The number of rotatable bonds is 14. The smallest absolute Gasteiger partial charge is 0.340 e. The average molecular weight is 659 g/mol. The van der Waals surface area contributed by atoms with Crippen molar-refractivity contribution < 1.29 is 28.2 Å². The molecule has 0 unspecified atom stereocenters. The minimum Gasteiger partial charge on any atom is -0.435 e. The molecule has 0 bridgehead atoms. The third-order valence-corrected chi connectivity index (χ3v) is 8.81. The van der Waals surface area contributed by atoms with E-state index in [1.54, 1.807) is 55.5 Å². The Morgan fingerprint density at radius 3 is 2.57 bits per heavy atom. The SMILES string of the molecule is C[C@@H](c1nc(-c2ccc(C#N)cc2)cs1)[C@@](Cn1cncn1)(OCOC(=O)c1ccc(CN(C)CCO)cc1)c1ccc(F)cc1F. The molecule has 0 aliphatic rings. The number of hydrogen-bond donors (Lipinski definition) is 1. The van der Waals surface area contributed by atoms with Crippen molar-refractivity contribution in [1.29, 1.82) is 5.26 Å². The van der Waals surface area contributed by atoms with Crippen LogP contribution >= 0.6 is 11.3 Å². The van der Waals surface area contributed by atoms with Gasteiger partial charge in [0, 0.05) is 41.6 Å². The van der Waals surface area contributed by atoms with Crippen LogP contribution in [-0.2, 0) is 28.2 Å². The summed E-state index contributed by atoms with van der Waals surface area (Å²) >= 11 is 1.33. The van der Waals surface area contributed by atoms with Crippen LogP contribution in [0.1, 0.15) is 44.9 Å². The summed E-state index contributed by atoms with van der Waals surface area (Å²) < 4.78 is 43.2. The maximum atomic E-state index is 15.7. The topological polar surface area (TPSA) is 126 Å². The number of benzene rings is 3. The molecule has 0 saturated heterocycles. The fraction of sp³-hybridized carbons (Fsp3) is 0.265. The van der Waals surface area contributed by atoms with Crippen LogP contribution in [0.5, 0.6) is 0 Å². The number of nitriles is 1. The molecule has 5 aromatic rings. The highest BCUT2D eigenvalue weighted by molar-refractivity contribution is 7.10. The second-order valence-electron chi connectivity index (χ2n) is 10.9. The molecule has 0 aliphatic carbocycles. The lowest BCUT2D eigenvalue weighted by atomic mass is 9.81. The van der Waals surface area contributed by atoms with Crippen LogP contribution in [0.15, 0.2) is 84.8 Å². The second kappa shape index (κ2) is 15.1. The first-order chi connectivity index (χ1) is 22.7. The van der Waals surface area contributed by atoms with Gasteiger partial charge < -0.3 is 14.6 Å². The van der Waals surface area contributed by atoms with Crippen LogP contribution in [0.25, 0.3) is 11.3 Å². The summed E-state index contributed by atoms with van der Waals surface area (Å²) in [7, 11) is 1.88. The molecular formula is C34H32F2N6O4S. The molecule has 0 spiro atoms. The number of nitrogens with zero attached hydrogens (tertiary/aromatic N) is 6. The number of esters is 1. The maximum absolute atomic E-state index is 15.7. The number of hydrogen-bond acceptors (Lipinski definition) is 10. The summed E-state index contributed by atoms with van der Waals surface area (Å²) in [4.78, 5) is 23.8. The van der Waals surface area contributed by atoms with E-state index in [4.69, 9.17) is 24.8 Å². The quantitative estimate of drug-likeness (QED) is 0.122. The Kier molecular flexibility index (Phi) is 10.8. The standard InChI is InChI=1S/C34H32F2N6O4S/c1-23(32-40-31(18-47-32)26-7-3-24(16-37)4-8-26)34(19-42-21-38-20-39-42,29-12-11-28(35)15-30(29)36)46-22-45-33(44)27-9-5-25(6-10-27)17-41(2)13-14-43/h3-12,15,18,20-21,23,43H,13-14,17,19,22H2,1-2H3/t23-,34+/m0/s1. The van der Waals surface area contributed by atoms with Gasteiger partial charge in [-0.25, -0.2) is 28.2 Å². The minimum atomic E-state index is -1.59. The van der Waals surface area contributed by atoms with Gasteiger partial charge in [0.15, 0.2) is 6.79 Å². The largest absolute Gasteiger partial charge is 0.435 e. The number of halogens is 2. The van der Waals surface area contributed by atoms with Crippen molar-refractivity contribution in [2.45, 2.75) is 31.5 Å². The molecule has 47 heavy (non-hydrogen) atoms. The molecule has 0 saturated carbocycles. The second-order valence-corrected chi connectivity index (χ2v) is 11.8. The number of ether oxygens (including phenoxy) is 2. The third kappa shape index (κ3) is 7.93. The van der Waals surface area contributed by atoms with Crippen molar-refractivity contribution in [3.05, 3.63) is 124 Å². The molecule has 0 radical (unpaired) electrons. The third-order valence-electron chi connectivity index (χ3n) is 7.78. The van der Waals surface area contributed by atoms with Crippen molar-refractivity contribution in [1.82, 2.24) is 24.6 Å². The number of thiazole rings is 1. The summed E-state index contributed by atoms with van der Waals surface area (Å²) in [5.74, 6) is -2.94. The Labute approximate surface area is 274 Å². The molecule has 2 atom stereocenters. The normalized spacial score (nSPS) is 13.2. The molecule has 0 amide bonds. The van der Waals surface area contributed by atoms with Crippen LogP contribution in [0.3, 0.4) is 0 Å². The van der Waals surface area contributed by atoms with Crippen molar-refractivity contribution in [3.63, 3.8) is 0 Å². The first kappa shape index (κ1) is 33.5. The van der Waals surface area contributed by atoms with E-state index in [-0.39, 0.29) is 24.3 Å². The highest BCUT2D eigenvalue weighted by Gasteiger charge is 2.45. The predicted molar refractivity (Wildman–Crippen MR) is 170 cm³/mol. The molecule has 1 N–H and O–H groups in total. The van der Waals surface area contributed by atoms with Gasteiger partial charge in [-0.05, 0) is 42.9 Å². The van der Waals surface area contributed by atoms with E-state index in [2.05, 4.69) is 16.2 Å². The minimum absolute atomic E-state index is 0.0180. The van der Waals surface area contributed by atoms with Gasteiger partial charge in [-0.15, -0.1) is 11.3 Å². The van der Waals surface area contributed by atoms with Gasteiger partial charge in [0.05, 0.1) is 41.0 Å². The number of carbonyl (C=O) groups excluding carboxylic acids is 1. The summed E-state index contributed by atoms with van der Waals surface area (Å²) in [6.07, 6.45) is 2.77. The van der Waals surface area contributed by atoms with Crippen molar-refractivity contribution in [2.75, 3.05) is 27.0 Å². The number of aromatic nitrogens is 4. The van der Waals surface area contributed by atoms with Gasteiger partial charge in [0.2, 0.25) is 0 Å². The van der Waals surface area contributed by atoms with Gasteiger partial charge in [-0.2, -0.15) is 10.4 Å². The molecule has 0 aliphatic heterocycles. The van der Waals surface area contributed by atoms with Crippen LogP contribution < -0.4 is 0 Å². The van der Waals surface area contributed by atoms with Crippen molar-refractivity contribution in [2.24, 2.45) is 0 Å². The fourth-order valence-corrected chi connectivity index (χ4v) is 6.17. The lowest BCUT2D eigenvalue weighted by molar-refractivity contribution is -0.148. The summed E-state index contributed by atoms with van der Waals surface area (Å²) in [6, 6.07) is 19.2. The summed E-state index contributed by atoms with van der Waals surface area (Å²) in [5.41, 5.74) is 1.61. The molecule has 3 aromatic carbocycles. The molecule has 5 rings (SSSR count). The number of aliphatic hydroxyl groups is 1. The average Bonchev–Trinajstić information content (AvgIpc) is 3.77. The number of likely N-dealkylation sites (N-methyl/N-ethyl adjacent to an activating group) is 1. The lowest BCUT2D eigenvalue weighted by Gasteiger charge is -2.38. The fourth-order valence-electron chi connectivity index (χ4n) is 5.20. The summed E-state index contributed by atoms with van der Waals surface area (Å²) in [6.45, 7) is 2.31. The van der Waals surface area contributed by atoms with E-state index in [0.29, 0.717) is 29.4 Å². The van der Waals surface area contributed by atoms with Crippen LogP contribution in [0.2, 0.25) is 0 Å². The summed E-state index contributed by atoms with van der Waals surface area (Å²) in [5, 5.41) is 24.9. The molecule has 2 heterocycles. The molecule has 0 fully saturated rings. The predicted octanol–water partition coefficient (Wildman–Crippen LogP) is 5.51. The van der Waals surface area contributed by atoms with E-state index in [1.165, 1.54) is 34.7 Å². The van der Waals surface area contributed by atoms with Gasteiger partial charge in [0.1, 0.15) is 29.9 Å². The van der Waals surface area contributed by atoms with Crippen LogP contribution in [0, 0.1) is 23.0 Å². The molecular weight excluding hydrogens is 626 g/mol. The zero-order valence-electron chi connectivity index (χ0n) is 25.7. The number of aliphatic hydroxyl groups excluding tert-OH is 1. The van der Waals surface area contributed by atoms with Gasteiger partial charge >= 0.3 is 5.97 Å². The van der Waals surface area contributed by atoms with Gasteiger partial charge in [0.25, 0.3) is 0 Å². The Bertz CT molecular complexity index is 1830. The number of carbonyl (C=O) groups is 1. The Morgan fingerprint density at radius 2 is 1.91 bits per heavy atom. The van der Waals surface area contributed by atoms with Crippen LogP contribution in [-0.4, -0.2) is 62.7 Å². The van der Waals surface area contributed by atoms with E-state index in [0.717, 1.165) is 23.3 Å². The van der Waals surface area contributed by atoms with Crippen molar-refractivity contribution in [3.8, 4) is 17.3 Å². The first-order valence-corrected chi connectivity index (χ1v) is 15.5.